The number of hydrogen-bond acceptors (Lipinski definition) is 6. The molecule has 2 aromatic heterocycles. The molecule has 1 aliphatic carbocycles. The molecule has 31 heavy (non-hydrogen) atoms. The molecule has 0 atom stereocenters. The van der Waals surface area contributed by atoms with E-state index in [0.29, 0.717) is 34.9 Å². The summed E-state index contributed by atoms with van der Waals surface area (Å²) < 4.78 is 31.2. The van der Waals surface area contributed by atoms with Gasteiger partial charge >= 0.3 is 6.61 Å². The Kier molecular flexibility index (Phi) is 5.26. The minimum Gasteiger partial charge on any atom is -0.433 e. The van der Waals surface area contributed by atoms with E-state index in [1.807, 2.05) is 17.0 Å². The van der Waals surface area contributed by atoms with Gasteiger partial charge in [0.05, 0.1) is 16.8 Å². The Balaban J connectivity index is 1.91. The third-order valence-corrected chi connectivity index (χ3v) is 5.22. The van der Waals surface area contributed by atoms with E-state index >= 15 is 0 Å². The molecule has 9 heteroatoms. The minimum absolute atomic E-state index is 0.0441. The minimum atomic E-state index is -3.05. The van der Waals surface area contributed by atoms with Gasteiger partial charge in [-0.05, 0) is 49.1 Å². The zero-order valence-electron chi connectivity index (χ0n) is 16.5. The number of anilines is 2. The molecule has 7 nitrogen and oxygen atoms in total. The first-order chi connectivity index (χ1) is 14.9. The number of halogens is 2. The molecule has 156 valence electrons. The van der Waals surface area contributed by atoms with Crippen molar-refractivity contribution in [2.45, 2.75) is 19.5 Å². The maximum atomic E-state index is 12.7. The van der Waals surface area contributed by atoms with Crippen molar-refractivity contribution in [3.63, 3.8) is 0 Å². The highest BCUT2D eigenvalue weighted by Gasteiger charge is 2.28. The standard InChI is InChI=1S/C22H17F2N5O2/c1-28-17-6-4-15(11-26)27-21(17)18(9-20(28)30)29(12-13-2-3-13)16-5-7-19(31-22(23)24)14(8-16)10-25/h4-9,13,22H,2-3,12H2,1H3. The van der Waals surface area contributed by atoms with E-state index in [9.17, 15) is 24.1 Å². The monoisotopic (exact) mass is 421 g/mol. The number of hydrogen-bond donors (Lipinski definition) is 0. The molecule has 1 saturated carbocycles. The van der Waals surface area contributed by atoms with Gasteiger partial charge in [0, 0.05) is 25.3 Å². The number of pyridine rings is 2. The van der Waals surface area contributed by atoms with Gasteiger partial charge in [0.15, 0.2) is 0 Å². The lowest BCUT2D eigenvalue weighted by Crippen LogP contribution is -2.25. The van der Waals surface area contributed by atoms with Gasteiger partial charge in [-0.1, -0.05) is 0 Å². The van der Waals surface area contributed by atoms with Gasteiger partial charge < -0.3 is 14.2 Å². The second-order valence-corrected chi connectivity index (χ2v) is 7.33. The van der Waals surface area contributed by atoms with E-state index in [4.69, 9.17) is 0 Å². The van der Waals surface area contributed by atoms with Crippen molar-refractivity contribution >= 4 is 22.4 Å². The molecule has 0 saturated heterocycles. The molecular weight excluding hydrogens is 404 g/mol. The highest BCUT2D eigenvalue weighted by atomic mass is 19.3. The van der Waals surface area contributed by atoms with Gasteiger partial charge in [-0.25, -0.2) is 4.98 Å². The van der Waals surface area contributed by atoms with Crippen LogP contribution in [0, 0.1) is 28.6 Å². The first kappa shape index (κ1) is 20.3. The van der Waals surface area contributed by atoms with Gasteiger partial charge in [-0.2, -0.15) is 19.3 Å². The smallest absolute Gasteiger partial charge is 0.387 e. The number of alkyl halides is 2. The predicted octanol–water partition coefficient (Wildman–Crippen LogP) is 3.83. The number of nitriles is 2. The number of nitrogens with zero attached hydrogens (tertiary/aromatic N) is 5. The lowest BCUT2D eigenvalue weighted by molar-refractivity contribution is -0.0500. The number of aromatic nitrogens is 2. The van der Waals surface area contributed by atoms with Crippen molar-refractivity contribution in [2.75, 3.05) is 11.4 Å². The van der Waals surface area contributed by atoms with Crippen LogP contribution in [0.5, 0.6) is 5.75 Å². The van der Waals surface area contributed by atoms with Crippen LogP contribution in [0.1, 0.15) is 24.1 Å². The van der Waals surface area contributed by atoms with Crippen LogP contribution >= 0.6 is 0 Å². The number of aryl methyl sites for hydroxylation is 1. The van der Waals surface area contributed by atoms with Crippen LogP contribution in [0.15, 0.2) is 41.2 Å². The molecule has 0 amide bonds. The molecule has 2 heterocycles. The van der Waals surface area contributed by atoms with Crippen molar-refractivity contribution in [1.29, 1.82) is 10.5 Å². The van der Waals surface area contributed by atoms with E-state index < -0.39 is 6.61 Å². The van der Waals surface area contributed by atoms with Crippen LogP contribution in [0.4, 0.5) is 20.2 Å². The molecule has 0 N–H and O–H groups in total. The summed E-state index contributed by atoms with van der Waals surface area (Å²) in [6.45, 7) is -2.49. The van der Waals surface area contributed by atoms with Gasteiger partial charge in [0.25, 0.3) is 5.56 Å². The summed E-state index contributed by atoms with van der Waals surface area (Å²) in [5, 5.41) is 18.7. The molecule has 3 aromatic rings. The SMILES string of the molecule is Cn1c(=O)cc(N(CC2CC2)c2ccc(OC(F)F)c(C#N)c2)c2nc(C#N)ccc21. The van der Waals surface area contributed by atoms with Crippen LogP contribution in [-0.2, 0) is 7.05 Å². The Labute approximate surface area is 176 Å². The van der Waals surface area contributed by atoms with Gasteiger partial charge in [-0.15, -0.1) is 0 Å². The Morgan fingerprint density at radius 3 is 2.65 bits per heavy atom. The molecular formula is C22H17F2N5O2. The van der Waals surface area contributed by atoms with Crippen molar-refractivity contribution in [3.8, 4) is 17.9 Å². The van der Waals surface area contributed by atoms with Gasteiger partial charge in [-0.3, -0.25) is 4.79 Å². The molecule has 0 unspecified atom stereocenters. The average molecular weight is 421 g/mol. The first-order valence-electron chi connectivity index (χ1n) is 9.58. The molecule has 1 aliphatic rings. The highest BCUT2D eigenvalue weighted by molar-refractivity contribution is 5.91. The third kappa shape index (κ3) is 4.03. The molecule has 1 aromatic carbocycles. The van der Waals surface area contributed by atoms with Crippen molar-refractivity contribution < 1.29 is 13.5 Å². The van der Waals surface area contributed by atoms with E-state index in [1.54, 1.807) is 25.2 Å². The Hall–Kier alpha value is -3.98. The van der Waals surface area contributed by atoms with Crippen LogP contribution in [-0.4, -0.2) is 22.7 Å². The van der Waals surface area contributed by atoms with Crippen LogP contribution in [0.25, 0.3) is 11.0 Å². The molecule has 4 rings (SSSR count). The summed E-state index contributed by atoms with van der Waals surface area (Å²) in [7, 11) is 1.62. The third-order valence-electron chi connectivity index (χ3n) is 5.22. The molecule has 0 spiro atoms. The first-order valence-corrected chi connectivity index (χ1v) is 9.58. The van der Waals surface area contributed by atoms with Crippen molar-refractivity contribution in [1.82, 2.24) is 9.55 Å². The topological polar surface area (TPSA) is 94.9 Å². The van der Waals surface area contributed by atoms with Gasteiger partial charge in [0.1, 0.15) is 29.1 Å². The van der Waals surface area contributed by atoms with Crippen LogP contribution in [0.2, 0.25) is 0 Å². The van der Waals surface area contributed by atoms with E-state index in [1.165, 1.54) is 22.8 Å². The molecule has 0 radical (unpaired) electrons. The predicted molar refractivity (Wildman–Crippen MR) is 109 cm³/mol. The summed E-state index contributed by atoms with van der Waals surface area (Å²) in [4.78, 5) is 18.9. The molecule has 1 fully saturated rings. The second kappa shape index (κ2) is 8.04. The summed E-state index contributed by atoms with van der Waals surface area (Å²) >= 11 is 0. The molecule has 0 bridgehead atoms. The average Bonchev–Trinajstić information content (AvgIpc) is 3.58. The highest BCUT2D eigenvalue weighted by Crippen LogP contribution is 2.38. The summed E-state index contributed by atoms with van der Waals surface area (Å²) in [6.07, 6.45) is 2.04. The zero-order chi connectivity index (χ0) is 22.1. The second-order valence-electron chi connectivity index (χ2n) is 7.33. The fourth-order valence-electron chi connectivity index (χ4n) is 3.45. The molecule has 0 aliphatic heterocycles. The van der Waals surface area contributed by atoms with Gasteiger partial charge in [0.2, 0.25) is 0 Å². The lowest BCUT2D eigenvalue weighted by Gasteiger charge is -2.27. The van der Waals surface area contributed by atoms with Crippen LogP contribution in [0.3, 0.4) is 0 Å². The number of rotatable bonds is 6. The normalized spacial score (nSPS) is 13.1. The number of fused-ring (bicyclic) bond motifs is 1. The number of ether oxygens (including phenoxy) is 1. The Morgan fingerprint density at radius 2 is 2.00 bits per heavy atom. The maximum Gasteiger partial charge on any atom is 0.387 e. The lowest BCUT2D eigenvalue weighted by atomic mass is 10.1. The van der Waals surface area contributed by atoms with Crippen LogP contribution < -0.4 is 15.2 Å². The zero-order valence-corrected chi connectivity index (χ0v) is 16.5. The van der Waals surface area contributed by atoms with E-state index in [2.05, 4.69) is 9.72 Å². The van der Waals surface area contributed by atoms with Crippen molar-refractivity contribution in [3.05, 3.63) is 58.0 Å². The van der Waals surface area contributed by atoms with E-state index in [0.717, 1.165) is 12.8 Å². The summed E-state index contributed by atoms with van der Waals surface area (Å²) in [5.74, 6) is 0.173. The quantitative estimate of drug-likeness (QED) is 0.600. The van der Waals surface area contributed by atoms with E-state index in [-0.39, 0.29) is 22.6 Å². The maximum absolute atomic E-state index is 12.7. The Morgan fingerprint density at radius 1 is 1.23 bits per heavy atom. The fraction of sp³-hybridized carbons (Fsp3) is 0.273. The summed E-state index contributed by atoms with van der Waals surface area (Å²) in [5.41, 5.74) is 1.97. The van der Waals surface area contributed by atoms with Crippen molar-refractivity contribution in [2.24, 2.45) is 13.0 Å². The fourth-order valence-corrected chi connectivity index (χ4v) is 3.45. The Bertz CT molecular complexity index is 1300. The number of benzene rings is 1. The summed E-state index contributed by atoms with van der Waals surface area (Å²) in [6, 6.07) is 12.9. The largest absolute Gasteiger partial charge is 0.433 e.